The minimum atomic E-state index is 0.746. The molecular weight excluding hydrogens is 242 g/mol. The highest BCUT2D eigenvalue weighted by Gasteiger charge is 2.17. The van der Waals surface area contributed by atoms with Crippen molar-refractivity contribution in [1.29, 1.82) is 0 Å². The molecule has 0 atom stereocenters. The van der Waals surface area contributed by atoms with Gasteiger partial charge in [-0.05, 0) is 30.9 Å². The van der Waals surface area contributed by atoms with Crippen LogP contribution in [0, 0.1) is 5.92 Å². The summed E-state index contributed by atoms with van der Waals surface area (Å²) in [6.07, 6.45) is 6.75. The van der Waals surface area contributed by atoms with E-state index in [4.69, 9.17) is 5.84 Å². The van der Waals surface area contributed by atoms with Gasteiger partial charge in [-0.3, -0.25) is 5.01 Å². The fraction of sp³-hybridized carbons (Fsp3) is 0.500. The van der Waals surface area contributed by atoms with Gasteiger partial charge < -0.3 is 0 Å². The Morgan fingerprint density at radius 2 is 2.00 bits per heavy atom. The van der Waals surface area contributed by atoms with Gasteiger partial charge >= 0.3 is 0 Å². The van der Waals surface area contributed by atoms with Crippen molar-refractivity contribution in [3.63, 3.8) is 0 Å². The zero-order valence-electron chi connectivity index (χ0n) is 10.5. The summed E-state index contributed by atoms with van der Waals surface area (Å²) in [6.45, 7) is 0.944. The second-order valence-electron chi connectivity index (χ2n) is 5.12. The van der Waals surface area contributed by atoms with Crippen LogP contribution in [0.15, 0.2) is 24.3 Å². The molecule has 18 heavy (non-hydrogen) atoms. The van der Waals surface area contributed by atoms with Crippen molar-refractivity contribution in [1.82, 2.24) is 4.98 Å². The first-order valence-corrected chi connectivity index (χ1v) is 7.52. The molecule has 3 nitrogen and oxygen atoms in total. The van der Waals surface area contributed by atoms with E-state index in [1.807, 2.05) is 23.2 Å². The van der Waals surface area contributed by atoms with Gasteiger partial charge in [-0.2, -0.15) is 0 Å². The summed E-state index contributed by atoms with van der Waals surface area (Å²) >= 11 is 1.68. The molecule has 2 aromatic rings. The highest BCUT2D eigenvalue weighted by atomic mass is 32.1. The molecule has 1 heterocycles. The third kappa shape index (κ3) is 2.49. The SMILES string of the molecule is NN(CC1CCCCC1)c1nc2ccccc2s1. The lowest BCUT2D eigenvalue weighted by Gasteiger charge is -2.26. The Morgan fingerprint density at radius 1 is 1.22 bits per heavy atom. The van der Waals surface area contributed by atoms with Crippen molar-refractivity contribution in [2.45, 2.75) is 32.1 Å². The number of hydrazine groups is 1. The van der Waals surface area contributed by atoms with E-state index in [9.17, 15) is 0 Å². The Bertz CT molecular complexity index is 483. The quantitative estimate of drug-likeness (QED) is 0.678. The average Bonchev–Trinajstić information content (AvgIpc) is 2.84. The summed E-state index contributed by atoms with van der Waals surface area (Å²) in [7, 11) is 0. The van der Waals surface area contributed by atoms with Gasteiger partial charge in [0, 0.05) is 6.54 Å². The summed E-state index contributed by atoms with van der Waals surface area (Å²) in [6, 6.07) is 8.22. The van der Waals surface area contributed by atoms with Gasteiger partial charge in [0.2, 0.25) is 5.13 Å². The van der Waals surface area contributed by atoms with Crippen molar-refractivity contribution in [3.8, 4) is 0 Å². The first-order valence-electron chi connectivity index (χ1n) is 6.71. The molecule has 96 valence electrons. The van der Waals surface area contributed by atoms with Gasteiger partial charge in [-0.1, -0.05) is 42.7 Å². The van der Waals surface area contributed by atoms with Crippen molar-refractivity contribution in [2.24, 2.45) is 11.8 Å². The van der Waals surface area contributed by atoms with Crippen molar-refractivity contribution < 1.29 is 0 Å². The molecule has 2 N–H and O–H groups in total. The molecule has 1 aromatic carbocycles. The molecule has 0 aliphatic heterocycles. The molecule has 0 spiro atoms. The number of fused-ring (bicyclic) bond motifs is 1. The number of nitrogens with zero attached hydrogens (tertiary/aromatic N) is 2. The Balaban J connectivity index is 1.72. The van der Waals surface area contributed by atoms with Crippen molar-refractivity contribution in [2.75, 3.05) is 11.6 Å². The zero-order valence-corrected chi connectivity index (χ0v) is 11.3. The van der Waals surface area contributed by atoms with Crippen molar-refractivity contribution >= 4 is 26.7 Å². The maximum absolute atomic E-state index is 6.17. The smallest absolute Gasteiger partial charge is 0.200 e. The Hall–Kier alpha value is -1.13. The van der Waals surface area contributed by atoms with Gasteiger partial charge in [0.05, 0.1) is 10.2 Å². The molecule has 1 aliphatic rings. The number of anilines is 1. The number of hydrogen-bond acceptors (Lipinski definition) is 4. The van der Waals surface area contributed by atoms with Crippen LogP contribution < -0.4 is 10.9 Å². The predicted molar refractivity (Wildman–Crippen MR) is 77.7 cm³/mol. The van der Waals surface area contributed by atoms with E-state index in [1.165, 1.54) is 36.8 Å². The molecule has 1 aliphatic carbocycles. The van der Waals surface area contributed by atoms with Crippen LogP contribution in [0.2, 0.25) is 0 Å². The predicted octanol–water partition coefficient (Wildman–Crippen LogP) is 3.56. The minimum absolute atomic E-state index is 0.746. The first kappa shape index (κ1) is 11.9. The Labute approximate surface area is 112 Å². The first-order chi connectivity index (χ1) is 8.83. The molecule has 1 saturated carbocycles. The highest BCUT2D eigenvalue weighted by molar-refractivity contribution is 7.22. The van der Waals surface area contributed by atoms with Crippen LogP contribution in [0.4, 0.5) is 5.13 Å². The fourth-order valence-corrected chi connectivity index (χ4v) is 3.61. The molecule has 0 radical (unpaired) electrons. The lowest BCUT2D eigenvalue weighted by Crippen LogP contribution is -2.36. The molecule has 1 aromatic heterocycles. The van der Waals surface area contributed by atoms with Gasteiger partial charge in [-0.15, -0.1) is 0 Å². The summed E-state index contributed by atoms with van der Waals surface area (Å²) in [5.74, 6) is 6.92. The fourth-order valence-electron chi connectivity index (χ4n) is 2.71. The van der Waals surface area contributed by atoms with Crippen LogP contribution in [0.25, 0.3) is 10.2 Å². The van der Waals surface area contributed by atoms with E-state index in [-0.39, 0.29) is 0 Å². The van der Waals surface area contributed by atoms with Crippen LogP contribution in [0.1, 0.15) is 32.1 Å². The number of rotatable bonds is 3. The molecular formula is C14H19N3S. The average molecular weight is 261 g/mol. The molecule has 4 heteroatoms. The third-order valence-electron chi connectivity index (χ3n) is 3.71. The molecule has 3 rings (SSSR count). The maximum atomic E-state index is 6.17. The van der Waals surface area contributed by atoms with E-state index in [0.29, 0.717) is 0 Å². The zero-order chi connectivity index (χ0) is 12.4. The molecule has 0 amide bonds. The summed E-state index contributed by atoms with van der Waals surface area (Å²) in [5, 5.41) is 2.79. The summed E-state index contributed by atoms with van der Waals surface area (Å²) in [5.41, 5.74) is 1.05. The van der Waals surface area contributed by atoms with Crippen LogP contribution in [0.3, 0.4) is 0 Å². The normalized spacial score (nSPS) is 17.2. The summed E-state index contributed by atoms with van der Waals surface area (Å²) < 4.78 is 1.21. The maximum Gasteiger partial charge on any atom is 0.200 e. The third-order valence-corrected chi connectivity index (χ3v) is 4.78. The van der Waals surface area contributed by atoms with E-state index < -0.39 is 0 Å². The van der Waals surface area contributed by atoms with Crippen LogP contribution >= 0.6 is 11.3 Å². The van der Waals surface area contributed by atoms with Crippen LogP contribution in [-0.2, 0) is 0 Å². The standard InChI is InChI=1S/C14H19N3S/c15-17(10-11-6-2-1-3-7-11)14-16-12-8-4-5-9-13(12)18-14/h4-5,8-9,11H,1-3,6-7,10,15H2. The van der Waals surface area contributed by atoms with Gasteiger partial charge in [0.1, 0.15) is 0 Å². The number of nitrogens with two attached hydrogens (primary N) is 1. The molecule has 1 fully saturated rings. The largest absolute Gasteiger partial charge is 0.286 e. The molecule has 0 bridgehead atoms. The van der Waals surface area contributed by atoms with Crippen LogP contribution in [-0.4, -0.2) is 11.5 Å². The number of aromatic nitrogens is 1. The van der Waals surface area contributed by atoms with Crippen molar-refractivity contribution in [3.05, 3.63) is 24.3 Å². The number of hydrogen-bond donors (Lipinski definition) is 1. The lowest BCUT2D eigenvalue weighted by molar-refractivity contribution is 0.359. The number of thiazole rings is 1. The van der Waals surface area contributed by atoms with E-state index in [0.717, 1.165) is 23.1 Å². The minimum Gasteiger partial charge on any atom is -0.286 e. The second-order valence-corrected chi connectivity index (χ2v) is 6.13. The Morgan fingerprint density at radius 3 is 2.78 bits per heavy atom. The highest BCUT2D eigenvalue weighted by Crippen LogP contribution is 2.29. The summed E-state index contributed by atoms with van der Waals surface area (Å²) in [4.78, 5) is 4.60. The monoisotopic (exact) mass is 261 g/mol. The van der Waals surface area contributed by atoms with Gasteiger partial charge in [0.25, 0.3) is 0 Å². The van der Waals surface area contributed by atoms with E-state index in [2.05, 4.69) is 11.1 Å². The van der Waals surface area contributed by atoms with E-state index in [1.54, 1.807) is 11.3 Å². The second kappa shape index (κ2) is 5.24. The number of para-hydroxylation sites is 1. The number of benzene rings is 1. The van der Waals surface area contributed by atoms with E-state index >= 15 is 0 Å². The molecule has 0 saturated heterocycles. The lowest BCUT2D eigenvalue weighted by atomic mass is 9.89. The van der Waals surface area contributed by atoms with Crippen LogP contribution in [0.5, 0.6) is 0 Å². The molecule has 0 unspecified atom stereocenters. The van der Waals surface area contributed by atoms with Gasteiger partial charge in [0.15, 0.2) is 0 Å². The van der Waals surface area contributed by atoms with Gasteiger partial charge in [-0.25, -0.2) is 10.8 Å². The Kier molecular flexibility index (Phi) is 3.48. The topological polar surface area (TPSA) is 42.1 Å².